The molecule has 3 rings (SSSR count). The molecule has 1 aliphatic rings. The molecule has 2 aromatic carbocycles. The number of rotatable bonds is 5. The van der Waals surface area contributed by atoms with Crippen LogP contribution in [0.3, 0.4) is 0 Å². The molecule has 1 N–H and O–H groups in total. The summed E-state index contributed by atoms with van der Waals surface area (Å²) in [4.78, 5) is 9.35. The quantitative estimate of drug-likeness (QED) is 0.745. The molecule has 0 aromatic heterocycles. The summed E-state index contributed by atoms with van der Waals surface area (Å²) in [6.07, 6.45) is 1.65. The molecular formula is C20H24BrN3O2. The summed E-state index contributed by atoms with van der Waals surface area (Å²) in [6.45, 7) is 7.67. The van der Waals surface area contributed by atoms with Gasteiger partial charge in [0.25, 0.3) is 0 Å². The second-order valence-electron chi connectivity index (χ2n) is 6.24. The smallest absolute Gasteiger partial charge is 0.166 e. The number of likely N-dealkylation sites (N-methyl/N-ethyl adjacent to an activating group) is 1. The van der Waals surface area contributed by atoms with Crippen LogP contribution in [0.4, 0.5) is 11.4 Å². The average molecular weight is 418 g/mol. The van der Waals surface area contributed by atoms with Crippen LogP contribution in [-0.2, 0) is 0 Å². The fourth-order valence-corrected chi connectivity index (χ4v) is 3.52. The van der Waals surface area contributed by atoms with E-state index in [1.165, 1.54) is 12.8 Å². The van der Waals surface area contributed by atoms with Gasteiger partial charge in [-0.1, -0.05) is 22.9 Å². The number of nitrogens with zero attached hydrogens (tertiary/aromatic N) is 3. The van der Waals surface area contributed by atoms with Crippen molar-refractivity contribution in [1.29, 1.82) is 0 Å². The lowest BCUT2D eigenvalue weighted by molar-refractivity contribution is 0.271. The lowest BCUT2D eigenvalue weighted by atomic mass is 10.2. The lowest BCUT2D eigenvalue weighted by Gasteiger charge is -2.35. The topological polar surface area (TPSA) is 48.3 Å². The van der Waals surface area contributed by atoms with E-state index in [1.807, 2.05) is 18.2 Å². The Bertz CT molecular complexity index is 769. The molecule has 1 heterocycles. The zero-order chi connectivity index (χ0) is 18.5. The standard InChI is InChI=1S/C20H24BrN3O2/c1-3-23-8-10-24(11-9-23)18-6-4-17(5-7-18)22-14-15-12-16(21)13-19(26-2)20(15)25/h4-7,12-14,25H,3,8-11H2,1-2H3. The predicted molar refractivity (Wildman–Crippen MR) is 110 cm³/mol. The normalized spacial score (nSPS) is 15.6. The zero-order valence-electron chi connectivity index (χ0n) is 15.2. The highest BCUT2D eigenvalue weighted by atomic mass is 79.9. The number of anilines is 1. The van der Waals surface area contributed by atoms with Crippen molar-refractivity contribution < 1.29 is 9.84 Å². The maximum Gasteiger partial charge on any atom is 0.166 e. The summed E-state index contributed by atoms with van der Waals surface area (Å²) in [5.41, 5.74) is 2.68. The predicted octanol–water partition coefficient (Wildman–Crippen LogP) is 4.06. The Labute approximate surface area is 163 Å². The summed E-state index contributed by atoms with van der Waals surface area (Å²) in [7, 11) is 1.53. The minimum atomic E-state index is 0.0878. The zero-order valence-corrected chi connectivity index (χ0v) is 16.7. The molecule has 1 aliphatic heterocycles. The van der Waals surface area contributed by atoms with Crippen molar-refractivity contribution in [2.24, 2.45) is 4.99 Å². The summed E-state index contributed by atoms with van der Waals surface area (Å²) < 4.78 is 6.00. The van der Waals surface area contributed by atoms with E-state index < -0.39 is 0 Å². The molecule has 1 fully saturated rings. The third-order valence-electron chi connectivity index (χ3n) is 4.68. The van der Waals surface area contributed by atoms with Gasteiger partial charge in [0.05, 0.1) is 12.8 Å². The van der Waals surface area contributed by atoms with Gasteiger partial charge in [0, 0.05) is 48.1 Å². The van der Waals surface area contributed by atoms with Gasteiger partial charge in [0.1, 0.15) is 0 Å². The molecule has 6 heteroatoms. The molecule has 0 aliphatic carbocycles. The number of aromatic hydroxyl groups is 1. The van der Waals surface area contributed by atoms with Crippen molar-refractivity contribution in [1.82, 2.24) is 4.90 Å². The molecule has 5 nitrogen and oxygen atoms in total. The highest BCUT2D eigenvalue weighted by Crippen LogP contribution is 2.33. The summed E-state index contributed by atoms with van der Waals surface area (Å²) >= 11 is 3.42. The summed E-state index contributed by atoms with van der Waals surface area (Å²) in [5.74, 6) is 0.507. The van der Waals surface area contributed by atoms with E-state index in [0.717, 1.165) is 42.9 Å². The molecule has 0 radical (unpaired) electrons. The summed E-state index contributed by atoms with van der Waals surface area (Å²) in [5, 5.41) is 10.2. The van der Waals surface area contributed by atoms with Gasteiger partial charge in [-0.25, -0.2) is 0 Å². The van der Waals surface area contributed by atoms with Gasteiger partial charge in [0.15, 0.2) is 11.5 Å². The number of methoxy groups -OCH3 is 1. The molecule has 0 saturated carbocycles. The van der Waals surface area contributed by atoms with Gasteiger partial charge < -0.3 is 19.6 Å². The van der Waals surface area contributed by atoms with Crippen LogP contribution < -0.4 is 9.64 Å². The van der Waals surface area contributed by atoms with Crippen LogP contribution in [-0.4, -0.2) is 56.1 Å². The Balaban J connectivity index is 1.70. The van der Waals surface area contributed by atoms with Crippen LogP contribution in [0.5, 0.6) is 11.5 Å². The van der Waals surface area contributed by atoms with Crippen molar-refractivity contribution >= 4 is 33.5 Å². The largest absolute Gasteiger partial charge is 0.504 e. The van der Waals surface area contributed by atoms with Gasteiger partial charge >= 0.3 is 0 Å². The van der Waals surface area contributed by atoms with Crippen LogP contribution in [0, 0.1) is 0 Å². The van der Waals surface area contributed by atoms with Gasteiger partial charge in [-0.15, -0.1) is 0 Å². The number of hydrogen-bond acceptors (Lipinski definition) is 5. The van der Waals surface area contributed by atoms with Crippen LogP contribution in [0.2, 0.25) is 0 Å². The van der Waals surface area contributed by atoms with E-state index in [4.69, 9.17) is 4.74 Å². The molecule has 0 unspecified atom stereocenters. The SMILES string of the molecule is CCN1CCN(c2ccc(N=Cc3cc(Br)cc(OC)c3O)cc2)CC1. The number of halogens is 1. The maximum absolute atomic E-state index is 10.2. The fourth-order valence-electron chi connectivity index (χ4n) is 3.06. The summed E-state index contributed by atoms with van der Waals surface area (Å²) in [6, 6.07) is 11.8. The monoisotopic (exact) mass is 417 g/mol. The maximum atomic E-state index is 10.2. The lowest BCUT2D eigenvalue weighted by Crippen LogP contribution is -2.46. The van der Waals surface area contributed by atoms with Crippen LogP contribution >= 0.6 is 15.9 Å². The van der Waals surface area contributed by atoms with Gasteiger partial charge in [-0.3, -0.25) is 4.99 Å². The van der Waals surface area contributed by atoms with Crippen molar-refractivity contribution in [2.75, 3.05) is 44.7 Å². The number of aliphatic imine (C=N–C) groups is 1. The van der Waals surface area contributed by atoms with Crippen LogP contribution in [0.1, 0.15) is 12.5 Å². The van der Waals surface area contributed by atoms with Crippen LogP contribution in [0.15, 0.2) is 45.9 Å². The Kier molecular flexibility index (Phi) is 6.16. The van der Waals surface area contributed by atoms with E-state index in [0.29, 0.717) is 11.3 Å². The number of phenols is 1. The van der Waals surface area contributed by atoms with Gasteiger partial charge in [0.2, 0.25) is 0 Å². The second-order valence-corrected chi connectivity index (χ2v) is 7.16. The minimum Gasteiger partial charge on any atom is -0.504 e. The highest BCUT2D eigenvalue weighted by Gasteiger charge is 2.15. The fraction of sp³-hybridized carbons (Fsp3) is 0.350. The molecule has 0 bridgehead atoms. The molecule has 2 aromatic rings. The van der Waals surface area contributed by atoms with E-state index in [2.05, 4.69) is 49.8 Å². The number of piperazine rings is 1. The van der Waals surface area contributed by atoms with Gasteiger partial charge in [-0.05, 0) is 42.9 Å². The first-order valence-corrected chi connectivity index (χ1v) is 9.58. The number of ether oxygens (including phenoxy) is 1. The van der Waals surface area contributed by atoms with Crippen LogP contribution in [0.25, 0.3) is 0 Å². The molecule has 26 heavy (non-hydrogen) atoms. The van der Waals surface area contributed by atoms with E-state index in [-0.39, 0.29) is 5.75 Å². The van der Waals surface area contributed by atoms with Crippen molar-refractivity contribution in [2.45, 2.75) is 6.92 Å². The molecule has 0 amide bonds. The number of hydrogen-bond donors (Lipinski definition) is 1. The first-order valence-electron chi connectivity index (χ1n) is 8.78. The molecular weight excluding hydrogens is 394 g/mol. The van der Waals surface area contributed by atoms with E-state index in [9.17, 15) is 5.11 Å². The third-order valence-corrected chi connectivity index (χ3v) is 5.13. The second kappa shape index (κ2) is 8.56. The van der Waals surface area contributed by atoms with E-state index >= 15 is 0 Å². The Morgan fingerprint density at radius 3 is 2.46 bits per heavy atom. The number of benzene rings is 2. The number of phenolic OH excluding ortho intramolecular Hbond substituents is 1. The Hall–Kier alpha value is -2.05. The average Bonchev–Trinajstić information content (AvgIpc) is 2.69. The van der Waals surface area contributed by atoms with Gasteiger partial charge in [-0.2, -0.15) is 0 Å². The Morgan fingerprint density at radius 2 is 1.85 bits per heavy atom. The third kappa shape index (κ3) is 4.37. The Morgan fingerprint density at radius 1 is 1.15 bits per heavy atom. The molecule has 138 valence electrons. The van der Waals surface area contributed by atoms with Crippen molar-refractivity contribution in [3.05, 3.63) is 46.4 Å². The minimum absolute atomic E-state index is 0.0878. The first kappa shape index (κ1) is 18.7. The van der Waals surface area contributed by atoms with E-state index in [1.54, 1.807) is 12.3 Å². The van der Waals surface area contributed by atoms with Crippen molar-refractivity contribution in [3.63, 3.8) is 0 Å². The molecule has 0 spiro atoms. The molecule has 1 saturated heterocycles. The first-order chi connectivity index (χ1) is 12.6. The molecule has 0 atom stereocenters. The highest BCUT2D eigenvalue weighted by molar-refractivity contribution is 9.10. The van der Waals surface area contributed by atoms with Crippen molar-refractivity contribution in [3.8, 4) is 11.5 Å².